The predicted octanol–water partition coefficient (Wildman–Crippen LogP) is -1.98. The zero-order valence-electron chi connectivity index (χ0n) is 38.5. The Morgan fingerprint density at radius 1 is 0.429 bits per heavy atom. The van der Waals surface area contributed by atoms with E-state index in [0.29, 0.717) is 11.1 Å². The van der Waals surface area contributed by atoms with Crippen molar-refractivity contribution in [2.75, 3.05) is 0 Å². The number of carbonyl (C=O) groups excluding carboxylic acids is 7. The maximum Gasteiger partial charge on any atom is 0.325 e. The molecule has 7 amide bonds. The molecule has 2 aromatic rings. The Kier molecular flexibility index (Phi) is 24.1. The van der Waals surface area contributed by atoms with Crippen LogP contribution < -0.4 is 43.0 Å². The molecule has 0 aliphatic heterocycles. The summed E-state index contributed by atoms with van der Waals surface area (Å²) < 4.78 is 0. The fourth-order valence-electron chi connectivity index (χ4n) is 6.55. The number of amides is 7. The van der Waals surface area contributed by atoms with Crippen LogP contribution in [-0.4, -0.2) is 145 Å². The van der Waals surface area contributed by atoms with Crippen molar-refractivity contribution >= 4 is 71.2 Å². The number of aliphatic carboxylic acids is 5. The van der Waals surface area contributed by atoms with Crippen molar-refractivity contribution in [1.82, 2.24) is 37.2 Å². The minimum absolute atomic E-state index is 0.0629. The highest BCUT2D eigenvalue weighted by atomic mass is 16.4. The van der Waals surface area contributed by atoms with Crippen LogP contribution in [0.2, 0.25) is 0 Å². The normalized spacial score (nSPS) is 14.3. The largest absolute Gasteiger partial charge is 0.481 e. The van der Waals surface area contributed by atoms with E-state index in [-0.39, 0.29) is 25.2 Å². The molecule has 70 heavy (non-hydrogen) atoms. The lowest BCUT2D eigenvalue weighted by Gasteiger charge is -2.28. The van der Waals surface area contributed by atoms with Gasteiger partial charge in [0.2, 0.25) is 41.4 Å². The fraction of sp³-hybridized carbons (Fsp3) is 0.467. The molecular weight excluding hydrogens is 925 g/mol. The summed E-state index contributed by atoms with van der Waals surface area (Å²) in [7, 11) is 0. The van der Waals surface area contributed by atoms with Crippen molar-refractivity contribution in [3.05, 3.63) is 71.8 Å². The summed E-state index contributed by atoms with van der Waals surface area (Å²) in [4.78, 5) is 153. The highest BCUT2D eigenvalue weighted by molar-refractivity contribution is 5.99. The van der Waals surface area contributed by atoms with Gasteiger partial charge in [0.05, 0.1) is 18.9 Å². The first-order valence-electron chi connectivity index (χ1n) is 21.9. The van der Waals surface area contributed by atoms with E-state index in [0.717, 1.165) is 0 Å². The standard InChI is InChI=1S/C45H60N8O17/c1-23(2)18-29(40(64)47-24(3)45(69)70)50-41(65)31(20-26-12-8-5-9-13-26)52-42(66)30(19-25-10-6-4-7-11-25)51-39(63)28(15-17-35(56)57)48-43(67)33(22-37(60)61)53-44(68)32(21-36(58)59)49-38(62)27(46)14-16-34(54)55/h4-13,23-24,27-33H,14-22,46H2,1-3H3,(H,47,64)(H,48,67)(H,49,62)(H,50,65)(H,51,63)(H,52,66)(H,53,68)(H,54,55)(H,56,57)(H,58,59)(H,60,61)(H,69,70)/t24-,27-,28-,29-,30-,31-,32-,33-/m0/s1. The monoisotopic (exact) mass is 984 g/mol. The summed E-state index contributed by atoms with van der Waals surface area (Å²) in [5.41, 5.74) is 6.69. The number of hydrogen-bond donors (Lipinski definition) is 13. The lowest BCUT2D eigenvalue weighted by Crippen LogP contribution is -2.61. The molecule has 8 atom stereocenters. The van der Waals surface area contributed by atoms with Gasteiger partial charge in [0.1, 0.15) is 42.3 Å². The number of rotatable bonds is 31. The molecule has 0 bridgehead atoms. The van der Waals surface area contributed by atoms with Gasteiger partial charge in [-0.15, -0.1) is 0 Å². The molecule has 14 N–H and O–H groups in total. The van der Waals surface area contributed by atoms with E-state index in [1.165, 1.54) is 6.92 Å². The van der Waals surface area contributed by atoms with Crippen molar-refractivity contribution in [2.24, 2.45) is 11.7 Å². The van der Waals surface area contributed by atoms with Gasteiger partial charge in [0.25, 0.3) is 0 Å². The second-order valence-corrected chi connectivity index (χ2v) is 16.6. The van der Waals surface area contributed by atoms with E-state index in [1.54, 1.807) is 74.5 Å². The van der Waals surface area contributed by atoms with E-state index in [9.17, 15) is 78.0 Å². The lowest BCUT2D eigenvalue weighted by atomic mass is 10.00. The first-order valence-corrected chi connectivity index (χ1v) is 21.9. The van der Waals surface area contributed by atoms with Gasteiger partial charge < -0.3 is 68.5 Å². The molecule has 0 aromatic heterocycles. The third-order valence-electron chi connectivity index (χ3n) is 10.2. The van der Waals surface area contributed by atoms with Crippen LogP contribution in [0.1, 0.15) is 76.8 Å². The first kappa shape index (κ1) is 58.2. The van der Waals surface area contributed by atoms with Gasteiger partial charge in [-0.1, -0.05) is 74.5 Å². The molecule has 0 unspecified atom stereocenters. The third kappa shape index (κ3) is 21.8. The summed E-state index contributed by atoms with van der Waals surface area (Å²) >= 11 is 0. The molecule has 25 nitrogen and oxygen atoms in total. The van der Waals surface area contributed by atoms with Crippen molar-refractivity contribution < 1.29 is 83.1 Å². The van der Waals surface area contributed by atoms with E-state index in [1.807, 2.05) is 10.6 Å². The molecule has 0 heterocycles. The zero-order valence-corrected chi connectivity index (χ0v) is 38.5. The molecule has 25 heteroatoms. The van der Waals surface area contributed by atoms with Crippen molar-refractivity contribution in [3.63, 3.8) is 0 Å². The number of nitrogens with one attached hydrogen (secondary N) is 7. The number of carboxylic acids is 5. The SMILES string of the molecule is CC(C)C[C@H](NC(=O)[C@H](Cc1ccccc1)NC(=O)[C@H](Cc1ccccc1)NC(=O)[C@H](CCC(=O)O)NC(=O)[C@H](CC(=O)O)NC(=O)[C@H](CC(=O)O)NC(=O)[C@@H](N)CCC(=O)O)C(=O)N[C@@H](C)C(=O)O. The Balaban J connectivity index is 2.52. The molecule has 0 spiro atoms. The minimum Gasteiger partial charge on any atom is -0.481 e. The van der Waals surface area contributed by atoms with Gasteiger partial charge in [-0.2, -0.15) is 0 Å². The molecule has 2 rings (SSSR count). The summed E-state index contributed by atoms with van der Waals surface area (Å²) in [6.07, 6.45) is -5.12. The molecule has 0 saturated carbocycles. The Morgan fingerprint density at radius 3 is 1.17 bits per heavy atom. The van der Waals surface area contributed by atoms with Crippen LogP contribution in [0, 0.1) is 5.92 Å². The highest BCUT2D eigenvalue weighted by Gasteiger charge is 2.36. The van der Waals surface area contributed by atoms with Gasteiger partial charge in [-0.05, 0) is 43.2 Å². The Bertz CT molecular complexity index is 2190. The summed E-state index contributed by atoms with van der Waals surface area (Å²) in [6.45, 7) is 4.75. The Labute approximate surface area is 401 Å². The first-order chi connectivity index (χ1) is 32.9. The van der Waals surface area contributed by atoms with E-state index in [2.05, 4.69) is 26.6 Å². The van der Waals surface area contributed by atoms with E-state index in [4.69, 9.17) is 10.8 Å². The number of hydrogen-bond acceptors (Lipinski definition) is 13. The van der Waals surface area contributed by atoms with Gasteiger partial charge in [-0.3, -0.25) is 57.5 Å². The molecule has 0 aliphatic carbocycles. The third-order valence-corrected chi connectivity index (χ3v) is 10.2. The van der Waals surface area contributed by atoms with Crippen LogP contribution in [0.15, 0.2) is 60.7 Å². The maximum absolute atomic E-state index is 14.3. The molecule has 2 aromatic carbocycles. The second kappa shape index (κ2) is 29.0. The second-order valence-electron chi connectivity index (χ2n) is 16.6. The number of nitrogens with two attached hydrogens (primary N) is 1. The van der Waals surface area contributed by atoms with Crippen molar-refractivity contribution in [2.45, 2.75) is 127 Å². The molecule has 382 valence electrons. The van der Waals surface area contributed by atoms with E-state index >= 15 is 0 Å². The van der Waals surface area contributed by atoms with Crippen LogP contribution in [0.5, 0.6) is 0 Å². The van der Waals surface area contributed by atoms with Gasteiger partial charge >= 0.3 is 29.8 Å². The Morgan fingerprint density at radius 2 is 0.771 bits per heavy atom. The molecule has 0 aliphatic rings. The topological polar surface area (TPSA) is 416 Å². The molecule has 0 saturated heterocycles. The highest BCUT2D eigenvalue weighted by Crippen LogP contribution is 2.12. The zero-order chi connectivity index (χ0) is 52.7. The summed E-state index contributed by atoms with van der Waals surface area (Å²) in [6, 6.07) is 3.37. The van der Waals surface area contributed by atoms with E-state index < -0.39 is 158 Å². The summed E-state index contributed by atoms with van der Waals surface area (Å²) in [5.74, 6) is -15.4. The van der Waals surface area contributed by atoms with Crippen molar-refractivity contribution in [3.8, 4) is 0 Å². The molecule has 0 radical (unpaired) electrons. The number of benzene rings is 2. The predicted molar refractivity (Wildman–Crippen MR) is 243 cm³/mol. The molecular formula is C45H60N8O17. The average molecular weight is 985 g/mol. The number of carboxylic acid groups (broad SMARTS) is 5. The lowest BCUT2D eigenvalue weighted by molar-refractivity contribution is -0.143. The van der Waals surface area contributed by atoms with Crippen LogP contribution >= 0.6 is 0 Å². The van der Waals surface area contributed by atoms with Gasteiger partial charge in [0.15, 0.2) is 0 Å². The minimum atomic E-state index is -2.10. The van der Waals surface area contributed by atoms with Crippen LogP contribution in [0.4, 0.5) is 0 Å². The van der Waals surface area contributed by atoms with Crippen LogP contribution in [-0.2, 0) is 70.4 Å². The average Bonchev–Trinajstić information content (AvgIpc) is 3.28. The fourth-order valence-corrected chi connectivity index (χ4v) is 6.55. The maximum atomic E-state index is 14.3. The number of carbonyl (C=O) groups is 12. The summed E-state index contributed by atoms with van der Waals surface area (Å²) in [5, 5.41) is 63.0. The smallest absolute Gasteiger partial charge is 0.325 e. The van der Waals surface area contributed by atoms with Gasteiger partial charge in [0, 0.05) is 25.7 Å². The van der Waals surface area contributed by atoms with Crippen LogP contribution in [0.3, 0.4) is 0 Å². The van der Waals surface area contributed by atoms with Gasteiger partial charge in [-0.25, -0.2) is 0 Å². The molecule has 0 fully saturated rings. The Hall–Kier alpha value is -7.96. The quantitative estimate of drug-likeness (QED) is 0.0389. The van der Waals surface area contributed by atoms with Crippen molar-refractivity contribution in [1.29, 1.82) is 0 Å². The van der Waals surface area contributed by atoms with Crippen LogP contribution in [0.25, 0.3) is 0 Å².